The van der Waals surface area contributed by atoms with Gasteiger partial charge in [0.05, 0.1) is 23.1 Å². The molecule has 8 heteroatoms. The highest BCUT2D eigenvalue weighted by atomic mass is 19.4. The molecule has 2 aromatic heterocycles. The van der Waals surface area contributed by atoms with Crippen molar-refractivity contribution in [3.8, 4) is 11.4 Å². The monoisotopic (exact) mass is 309 g/mol. The summed E-state index contributed by atoms with van der Waals surface area (Å²) < 4.78 is 39.9. The molecule has 22 heavy (non-hydrogen) atoms. The highest BCUT2D eigenvalue weighted by molar-refractivity contribution is 5.96. The molecule has 1 aromatic carbocycles. The number of carboxylic acid groups (broad SMARTS) is 1. The second kappa shape index (κ2) is 4.62. The largest absolute Gasteiger partial charge is 0.478 e. The molecule has 0 saturated carbocycles. The summed E-state index contributed by atoms with van der Waals surface area (Å²) in [5.41, 5.74) is 0.472. The molecular weight excluding hydrogens is 299 g/mol. The SMILES string of the molecule is Cn1c(-c2[nH]ncc2C(=O)O)cc2cc(C(F)(F)F)ccc21. The van der Waals surface area contributed by atoms with Crippen LogP contribution in [0.4, 0.5) is 13.2 Å². The fourth-order valence-electron chi connectivity index (χ4n) is 2.41. The van der Waals surface area contributed by atoms with Crippen molar-refractivity contribution in [2.45, 2.75) is 6.18 Å². The predicted molar refractivity (Wildman–Crippen MR) is 72.5 cm³/mol. The van der Waals surface area contributed by atoms with Gasteiger partial charge in [0.1, 0.15) is 5.56 Å². The van der Waals surface area contributed by atoms with Crippen LogP contribution in [-0.2, 0) is 13.2 Å². The number of nitrogens with zero attached hydrogens (tertiary/aromatic N) is 2. The van der Waals surface area contributed by atoms with Gasteiger partial charge in [-0.15, -0.1) is 0 Å². The lowest BCUT2D eigenvalue weighted by atomic mass is 10.1. The van der Waals surface area contributed by atoms with Crippen molar-refractivity contribution < 1.29 is 23.1 Å². The fourth-order valence-corrected chi connectivity index (χ4v) is 2.41. The van der Waals surface area contributed by atoms with Gasteiger partial charge in [-0.25, -0.2) is 4.79 Å². The Morgan fingerprint density at radius 1 is 1.32 bits per heavy atom. The first kappa shape index (κ1) is 14.2. The van der Waals surface area contributed by atoms with E-state index in [1.807, 2.05) is 0 Å². The van der Waals surface area contributed by atoms with Crippen LogP contribution in [-0.4, -0.2) is 25.8 Å². The zero-order valence-corrected chi connectivity index (χ0v) is 11.3. The molecule has 2 heterocycles. The van der Waals surface area contributed by atoms with Gasteiger partial charge in [0.2, 0.25) is 0 Å². The highest BCUT2D eigenvalue weighted by Crippen LogP contribution is 2.34. The molecule has 0 atom stereocenters. The van der Waals surface area contributed by atoms with Gasteiger partial charge in [-0.05, 0) is 24.3 Å². The van der Waals surface area contributed by atoms with E-state index in [1.165, 1.54) is 12.1 Å². The van der Waals surface area contributed by atoms with Gasteiger partial charge < -0.3 is 9.67 Å². The van der Waals surface area contributed by atoms with Crippen LogP contribution < -0.4 is 0 Å². The number of aromatic nitrogens is 3. The Labute approximate surface area is 122 Å². The van der Waals surface area contributed by atoms with E-state index in [9.17, 15) is 18.0 Å². The molecule has 3 aromatic rings. The number of carboxylic acids is 1. The number of benzene rings is 1. The minimum absolute atomic E-state index is 0.0399. The maximum absolute atomic E-state index is 12.8. The number of aromatic carboxylic acids is 1. The van der Waals surface area contributed by atoms with Crippen molar-refractivity contribution >= 4 is 16.9 Å². The Hall–Kier alpha value is -2.77. The van der Waals surface area contributed by atoms with Gasteiger partial charge >= 0.3 is 12.1 Å². The van der Waals surface area contributed by atoms with E-state index in [0.717, 1.165) is 18.3 Å². The lowest BCUT2D eigenvalue weighted by molar-refractivity contribution is -0.137. The molecule has 0 aliphatic carbocycles. The Morgan fingerprint density at radius 2 is 2.05 bits per heavy atom. The molecule has 0 spiro atoms. The first-order valence-electron chi connectivity index (χ1n) is 6.22. The number of carbonyl (C=O) groups is 1. The van der Waals surface area contributed by atoms with E-state index in [0.29, 0.717) is 16.6 Å². The second-order valence-electron chi connectivity index (χ2n) is 4.82. The smallest absolute Gasteiger partial charge is 0.416 e. The van der Waals surface area contributed by atoms with Gasteiger partial charge in [0.25, 0.3) is 0 Å². The lowest BCUT2D eigenvalue weighted by Gasteiger charge is -2.06. The van der Waals surface area contributed by atoms with Crippen LogP contribution >= 0.6 is 0 Å². The highest BCUT2D eigenvalue weighted by Gasteiger charge is 2.31. The number of aryl methyl sites for hydroxylation is 1. The van der Waals surface area contributed by atoms with Crippen molar-refractivity contribution in [3.63, 3.8) is 0 Å². The maximum atomic E-state index is 12.8. The van der Waals surface area contributed by atoms with Gasteiger partial charge in [-0.2, -0.15) is 18.3 Å². The van der Waals surface area contributed by atoms with Gasteiger partial charge in [-0.1, -0.05) is 0 Å². The molecule has 0 fully saturated rings. The average molecular weight is 309 g/mol. The Balaban J connectivity index is 2.22. The number of rotatable bonds is 2. The fraction of sp³-hybridized carbons (Fsp3) is 0.143. The number of alkyl halides is 3. The van der Waals surface area contributed by atoms with E-state index >= 15 is 0 Å². The third kappa shape index (κ3) is 2.12. The van der Waals surface area contributed by atoms with E-state index < -0.39 is 17.7 Å². The summed E-state index contributed by atoms with van der Waals surface area (Å²) in [7, 11) is 1.65. The van der Waals surface area contributed by atoms with Crippen molar-refractivity contribution in [2.24, 2.45) is 7.05 Å². The number of aromatic amines is 1. The summed E-state index contributed by atoms with van der Waals surface area (Å²) in [5.74, 6) is -1.16. The lowest BCUT2D eigenvalue weighted by Crippen LogP contribution is -2.04. The standard InChI is InChI=1S/C14H10F3N3O2/c1-20-10-3-2-8(14(15,16)17)4-7(10)5-11(20)12-9(13(21)22)6-18-19-12/h2-6H,1H3,(H,18,19)(H,21,22). The minimum atomic E-state index is -4.43. The van der Waals surface area contributed by atoms with E-state index in [2.05, 4.69) is 10.2 Å². The third-order valence-electron chi connectivity index (χ3n) is 3.50. The molecular formula is C14H10F3N3O2. The van der Waals surface area contributed by atoms with Crippen molar-refractivity contribution in [1.29, 1.82) is 0 Å². The Kier molecular flexibility index (Phi) is 2.98. The zero-order valence-electron chi connectivity index (χ0n) is 11.3. The van der Waals surface area contributed by atoms with Gasteiger partial charge in [-0.3, -0.25) is 5.10 Å². The number of fused-ring (bicyclic) bond motifs is 1. The van der Waals surface area contributed by atoms with Crippen LogP contribution in [0.1, 0.15) is 15.9 Å². The van der Waals surface area contributed by atoms with Gasteiger partial charge in [0.15, 0.2) is 0 Å². The minimum Gasteiger partial charge on any atom is -0.478 e. The number of H-pyrrole nitrogens is 1. The average Bonchev–Trinajstić information content (AvgIpc) is 3.02. The zero-order chi connectivity index (χ0) is 16.1. The molecule has 5 nitrogen and oxygen atoms in total. The van der Waals surface area contributed by atoms with Crippen LogP contribution in [0.25, 0.3) is 22.3 Å². The van der Waals surface area contributed by atoms with Crippen molar-refractivity contribution in [2.75, 3.05) is 0 Å². The van der Waals surface area contributed by atoms with Crippen LogP contribution in [0.2, 0.25) is 0 Å². The van der Waals surface area contributed by atoms with Crippen LogP contribution in [0.5, 0.6) is 0 Å². The van der Waals surface area contributed by atoms with Crippen molar-refractivity contribution in [1.82, 2.24) is 14.8 Å². The Morgan fingerprint density at radius 3 is 2.68 bits per heavy atom. The number of halogens is 3. The molecule has 0 radical (unpaired) electrons. The number of hydrogen-bond acceptors (Lipinski definition) is 2. The van der Waals surface area contributed by atoms with Crippen LogP contribution in [0.15, 0.2) is 30.5 Å². The van der Waals surface area contributed by atoms with Crippen LogP contribution in [0.3, 0.4) is 0 Å². The predicted octanol–water partition coefficient (Wildman–Crippen LogP) is 3.29. The Bertz CT molecular complexity index is 877. The molecule has 0 bridgehead atoms. The van der Waals surface area contributed by atoms with Crippen LogP contribution in [0, 0.1) is 0 Å². The summed E-state index contributed by atoms with van der Waals surface area (Å²) in [5, 5.41) is 15.8. The molecule has 0 aliphatic heterocycles. The molecule has 114 valence electrons. The molecule has 0 aliphatic rings. The molecule has 0 amide bonds. The van der Waals surface area contributed by atoms with E-state index in [1.54, 1.807) is 11.6 Å². The topological polar surface area (TPSA) is 70.9 Å². The molecule has 0 unspecified atom stereocenters. The summed E-state index contributed by atoms with van der Waals surface area (Å²) in [6, 6.07) is 4.90. The first-order chi connectivity index (χ1) is 10.3. The van der Waals surface area contributed by atoms with Gasteiger partial charge in [0, 0.05) is 18.0 Å². The normalized spacial score (nSPS) is 12.0. The maximum Gasteiger partial charge on any atom is 0.416 e. The third-order valence-corrected chi connectivity index (χ3v) is 3.50. The summed E-state index contributed by atoms with van der Waals surface area (Å²) in [6.45, 7) is 0. The summed E-state index contributed by atoms with van der Waals surface area (Å²) >= 11 is 0. The number of nitrogens with one attached hydrogen (secondary N) is 1. The molecule has 3 rings (SSSR count). The second-order valence-corrected chi connectivity index (χ2v) is 4.82. The molecule has 0 saturated heterocycles. The molecule has 2 N–H and O–H groups in total. The van der Waals surface area contributed by atoms with E-state index in [4.69, 9.17) is 5.11 Å². The summed E-state index contributed by atoms with van der Waals surface area (Å²) in [4.78, 5) is 11.2. The number of hydrogen-bond donors (Lipinski definition) is 2. The first-order valence-corrected chi connectivity index (χ1v) is 6.22. The quantitative estimate of drug-likeness (QED) is 0.763. The van der Waals surface area contributed by atoms with E-state index in [-0.39, 0.29) is 11.3 Å². The van der Waals surface area contributed by atoms with Crippen molar-refractivity contribution in [3.05, 3.63) is 41.6 Å². The summed E-state index contributed by atoms with van der Waals surface area (Å²) in [6.07, 6.45) is -3.26.